The van der Waals surface area contributed by atoms with E-state index in [0.717, 1.165) is 48.4 Å². The molecule has 27 heavy (non-hydrogen) atoms. The van der Waals surface area contributed by atoms with E-state index in [0.29, 0.717) is 0 Å². The molecular weight excluding hydrogens is 354 g/mol. The number of aromatic nitrogens is 4. The van der Waals surface area contributed by atoms with Crippen LogP contribution in [-0.2, 0) is 13.0 Å². The van der Waals surface area contributed by atoms with Gasteiger partial charge in [-0.15, -0.1) is 10.2 Å². The Morgan fingerprint density at radius 1 is 0.926 bits per heavy atom. The van der Waals surface area contributed by atoms with Crippen molar-refractivity contribution in [2.24, 2.45) is 0 Å². The number of pyridine rings is 1. The molecule has 5 nitrogen and oxygen atoms in total. The second-order valence-electron chi connectivity index (χ2n) is 6.22. The normalized spacial score (nSPS) is 10.9. The molecule has 0 atom stereocenters. The van der Waals surface area contributed by atoms with Gasteiger partial charge in [-0.25, -0.2) is 0 Å². The first-order chi connectivity index (χ1) is 13.3. The van der Waals surface area contributed by atoms with E-state index in [9.17, 15) is 0 Å². The zero-order valence-corrected chi connectivity index (χ0v) is 17.1. The number of rotatable bonds is 9. The monoisotopic (exact) mass is 381 g/mol. The number of anilines is 1. The lowest BCUT2D eigenvalue weighted by atomic mass is 10.2. The van der Waals surface area contributed by atoms with Crippen molar-refractivity contribution < 1.29 is 0 Å². The predicted molar refractivity (Wildman–Crippen MR) is 113 cm³/mol. The molecule has 2 heterocycles. The summed E-state index contributed by atoms with van der Waals surface area (Å²) in [5.41, 5.74) is 3.66. The van der Waals surface area contributed by atoms with Gasteiger partial charge in [0.05, 0.1) is 0 Å². The molecule has 0 bridgehead atoms. The van der Waals surface area contributed by atoms with Crippen LogP contribution in [0.25, 0.3) is 11.4 Å². The molecule has 0 fully saturated rings. The van der Waals surface area contributed by atoms with Crippen molar-refractivity contribution in [2.45, 2.75) is 38.9 Å². The standard InChI is InChI=1S/C21H27N5S/c1-4-25(5-2)19-9-7-18(8-10-19)20-23-24-21(26(20)6-3)27-16-13-17-11-14-22-15-12-17/h7-12,14-15H,4-6,13,16H2,1-3H3. The number of hydrogen-bond acceptors (Lipinski definition) is 5. The van der Waals surface area contributed by atoms with E-state index in [-0.39, 0.29) is 0 Å². The molecule has 0 aliphatic carbocycles. The minimum atomic E-state index is 0.859. The maximum absolute atomic E-state index is 4.47. The topological polar surface area (TPSA) is 46.8 Å². The van der Waals surface area contributed by atoms with Gasteiger partial charge in [0.1, 0.15) is 0 Å². The Bertz CT molecular complexity index is 826. The minimum Gasteiger partial charge on any atom is -0.372 e. The van der Waals surface area contributed by atoms with Crippen LogP contribution < -0.4 is 4.90 Å². The molecular formula is C21H27N5S. The van der Waals surface area contributed by atoms with Crippen LogP contribution in [0, 0.1) is 0 Å². The molecule has 6 heteroatoms. The molecule has 0 amide bonds. The zero-order chi connectivity index (χ0) is 19.1. The highest BCUT2D eigenvalue weighted by atomic mass is 32.2. The van der Waals surface area contributed by atoms with Crippen molar-refractivity contribution in [3.63, 3.8) is 0 Å². The summed E-state index contributed by atoms with van der Waals surface area (Å²) in [4.78, 5) is 6.41. The molecule has 2 aromatic heterocycles. The third-order valence-electron chi connectivity index (χ3n) is 4.66. The lowest BCUT2D eigenvalue weighted by molar-refractivity contribution is 0.687. The van der Waals surface area contributed by atoms with Crippen molar-refractivity contribution in [2.75, 3.05) is 23.7 Å². The first kappa shape index (κ1) is 19.4. The molecule has 0 aliphatic heterocycles. The van der Waals surface area contributed by atoms with Gasteiger partial charge in [0.2, 0.25) is 0 Å². The molecule has 0 saturated carbocycles. The van der Waals surface area contributed by atoms with Gasteiger partial charge in [-0.1, -0.05) is 11.8 Å². The fourth-order valence-corrected chi connectivity index (χ4v) is 4.10. The van der Waals surface area contributed by atoms with Crippen LogP contribution in [0.2, 0.25) is 0 Å². The Balaban J connectivity index is 1.71. The molecule has 1 aromatic carbocycles. The summed E-state index contributed by atoms with van der Waals surface area (Å²) >= 11 is 1.76. The fourth-order valence-electron chi connectivity index (χ4n) is 3.11. The highest BCUT2D eigenvalue weighted by Gasteiger charge is 2.13. The average Bonchev–Trinajstić information content (AvgIpc) is 3.13. The summed E-state index contributed by atoms with van der Waals surface area (Å²) in [5, 5.41) is 9.88. The summed E-state index contributed by atoms with van der Waals surface area (Å²) in [5.74, 6) is 1.92. The lowest BCUT2D eigenvalue weighted by Gasteiger charge is -2.21. The number of thioether (sulfide) groups is 1. The Morgan fingerprint density at radius 3 is 2.26 bits per heavy atom. The van der Waals surface area contributed by atoms with Crippen LogP contribution in [0.4, 0.5) is 5.69 Å². The van der Waals surface area contributed by atoms with Crippen molar-refractivity contribution in [1.82, 2.24) is 19.7 Å². The van der Waals surface area contributed by atoms with Crippen LogP contribution in [-0.4, -0.2) is 38.6 Å². The number of aryl methyl sites for hydroxylation is 1. The van der Waals surface area contributed by atoms with Crippen LogP contribution in [0.5, 0.6) is 0 Å². The van der Waals surface area contributed by atoms with E-state index in [4.69, 9.17) is 0 Å². The molecule has 142 valence electrons. The highest BCUT2D eigenvalue weighted by molar-refractivity contribution is 7.99. The summed E-state index contributed by atoms with van der Waals surface area (Å²) in [6.45, 7) is 9.39. The third kappa shape index (κ3) is 4.69. The first-order valence-electron chi connectivity index (χ1n) is 9.57. The average molecular weight is 382 g/mol. The second-order valence-corrected chi connectivity index (χ2v) is 7.29. The molecule has 0 N–H and O–H groups in total. The van der Waals surface area contributed by atoms with Crippen LogP contribution in [0.3, 0.4) is 0 Å². The molecule has 0 spiro atoms. The second kappa shape index (κ2) is 9.55. The van der Waals surface area contributed by atoms with Gasteiger partial charge < -0.3 is 9.47 Å². The van der Waals surface area contributed by atoms with Gasteiger partial charge in [-0.2, -0.15) is 0 Å². The maximum Gasteiger partial charge on any atom is 0.191 e. The van der Waals surface area contributed by atoms with Gasteiger partial charge in [-0.3, -0.25) is 4.98 Å². The largest absolute Gasteiger partial charge is 0.372 e. The zero-order valence-electron chi connectivity index (χ0n) is 16.3. The Labute approximate surface area is 165 Å². The first-order valence-corrected chi connectivity index (χ1v) is 10.6. The van der Waals surface area contributed by atoms with Gasteiger partial charge in [0.15, 0.2) is 11.0 Å². The molecule has 0 radical (unpaired) electrons. The van der Waals surface area contributed by atoms with Gasteiger partial charge in [0, 0.05) is 49.0 Å². The Hall–Kier alpha value is -2.34. The van der Waals surface area contributed by atoms with Crippen molar-refractivity contribution >= 4 is 17.4 Å². The summed E-state index contributed by atoms with van der Waals surface area (Å²) in [6, 6.07) is 12.8. The van der Waals surface area contributed by atoms with Gasteiger partial charge in [-0.05, 0) is 69.2 Å². The predicted octanol–water partition coefficient (Wildman–Crippen LogP) is 4.54. The minimum absolute atomic E-state index is 0.859. The van der Waals surface area contributed by atoms with E-state index in [1.165, 1.54) is 11.3 Å². The van der Waals surface area contributed by atoms with Gasteiger partial charge >= 0.3 is 0 Å². The van der Waals surface area contributed by atoms with E-state index in [2.05, 4.69) is 81.8 Å². The summed E-state index contributed by atoms with van der Waals surface area (Å²) < 4.78 is 2.20. The van der Waals surface area contributed by atoms with E-state index in [1.54, 1.807) is 11.8 Å². The SMILES string of the molecule is CCN(CC)c1ccc(-c2nnc(SCCc3ccncc3)n2CC)cc1. The maximum atomic E-state index is 4.47. The third-order valence-corrected chi connectivity index (χ3v) is 5.63. The lowest BCUT2D eigenvalue weighted by Crippen LogP contribution is -2.21. The van der Waals surface area contributed by atoms with Crippen molar-refractivity contribution in [3.05, 3.63) is 54.4 Å². The van der Waals surface area contributed by atoms with E-state index >= 15 is 0 Å². The number of nitrogens with zero attached hydrogens (tertiary/aromatic N) is 5. The van der Waals surface area contributed by atoms with Crippen molar-refractivity contribution in [1.29, 1.82) is 0 Å². The smallest absolute Gasteiger partial charge is 0.191 e. The Morgan fingerprint density at radius 2 is 1.63 bits per heavy atom. The molecule has 0 aliphatic rings. The van der Waals surface area contributed by atoms with Crippen molar-refractivity contribution in [3.8, 4) is 11.4 Å². The van der Waals surface area contributed by atoms with Crippen LogP contribution in [0.15, 0.2) is 53.9 Å². The molecule has 3 aromatic rings. The van der Waals surface area contributed by atoms with Crippen LogP contribution in [0.1, 0.15) is 26.3 Å². The fraction of sp³-hybridized carbons (Fsp3) is 0.381. The molecule has 0 unspecified atom stereocenters. The number of hydrogen-bond donors (Lipinski definition) is 0. The van der Waals surface area contributed by atoms with E-state index in [1.807, 2.05) is 12.4 Å². The van der Waals surface area contributed by atoms with Gasteiger partial charge in [0.25, 0.3) is 0 Å². The Kier molecular flexibility index (Phi) is 6.87. The summed E-state index contributed by atoms with van der Waals surface area (Å²) in [6.07, 6.45) is 4.68. The molecule has 0 saturated heterocycles. The summed E-state index contributed by atoms with van der Waals surface area (Å²) in [7, 11) is 0. The molecule has 3 rings (SSSR count). The van der Waals surface area contributed by atoms with Crippen LogP contribution >= 0.6 is 11.8 Å². The quantitative estimate of drug-likeness (QED) is 0.509. The van der Waals surface area contributed by atoms with E-state index < -0.39 is 0 Å². The number of benzene rings is 1. The highest BCUT2D eigenvalue weighted by Crippen LogP contribution is 2.26.